The quantitative estimate of drug-likeness (QED) is 0.879. The van der Waals surface area contributed by atoms with Crippen molar-refractivity contribution >= 4 is 33.5 Å². The Labute approximate surface area is 138 Å². The average Bonchev–Trinajstić information content (AvgIpc) is 2.52. The van der Waals surface area contributed by atoms with Gasteiger partial charge in [0.25, 0.3) is 5.91 Å². The maximum absolute atomic E-state index is 12.3. The van der Waals surface area contributed by atoms with Gasteiger partial charge in [0.1, 0.15) is 5.69 Å². The number of nitrogens with one attached hydrogen (secondary N) is 1. The van der Waals surface area contributed by atoms with Crippen molar-refractivity contribution in [3.05, 3.63) is 46.2 Å². The minimum Gasteiger partial charge on any atom is -0.338 e. The van der Waals surface area contributed by atoms with Crippen LogP contribution in [0.1, 0.15) is 29.9 Å². The number of halogens is 1. The number of hydrogen-bond acceptors (Lipinski definition) is 4. The number of nitrogens with zero attached hydrogens (tertiary/aromatic N) is 3. The smallest absolute Gasteiger partial charge is 0.272 e. The van der Waals surface area contributed by atoms with Crippen molar-refractivity contribution in [3.63, 3.8) is 0 Å². The number of hydrogen-bond donors (Lipinski definition) is 1. The molecule has 0 atom stereocenters. The molecule has 1 aromatic heterocycles. The zero-order chi connectivity index (χ0) is 16.1. The van der Waals surface area contributed by atoms with Gasteiger partial charge in [-0.3, -0.25) is 4.79 Å². The van der Waals surface area contributed by atoms with E-state index in [1.165, 1.54) is 0 Å². The second-order valence-electron chi connectivity index (χ2n) is 4.83. The first-order chi connectivity index (χ1) is 10.5. The molecule has 0 spiro atoms. The van der Waals surface area contributed by atoms with E-state index in [4.69, 9.17) is 0 Å². The van der Waals surface area contributed by atoms with Crippen molar-refractivity contribution in [2.75, 3.05) is 18.4 Å². The lowest BCUT2D eigenvalue weighted by Gasteiger charge is -2.18. The number of aromatic nitrogens is 2. The van der Waals surface area contributed by atoms with Gasteiger partial charge in [-0.05, 0) is 44.5 Å². The van der Waals surface area contributed by atoms with Crippen LogP contribution in [0.5, 0.6) is 0 Å². The van der Waals surface area contributed by atoms with Gasteiger partial charge in [-0.25, -0.2) is 9.97 Å². The van der Waals surface area contributed by atoms with Crippen molar-refractivity contribution < 1.29 is 4.79 Å². The number of carbonyl (C=O) groups excluding carboxylic acids is 1. The largest absolute Gasteiger partial charge is 0.338 e. The Kier molecular flexibility index (Phi) is 5.49. The van der Waals surface area contributed by atoms with Crippen molar-refractivity contribution in [3.8, 4) is 0 Å². The van der Waals surface area contributed by atoms with Crippen LogP contribution in [0, 0.1) is 6.92 Å². The van der Waals surface area contributed by atoms with Gasteiger partial charge >= 0.3 is 0 Å². The van der Waals surface area contributed by atoms with E-state index < -0.39 is 0 Å². The molecule has 5 nitrogen and oxygen atoms in total. The Bertz CT molecular complexity index is 671. The van der Waals surface area contributed by atoms with Crippen LogP contribution in [-0.4, -0.2) is 33.9 Å². The molecule has 0 radical (unpaired) electrons. The maximum Gasteiger partial charge on any atom is 0.272 e. The van der Waals surface area contributed by atoms with E-state index in [2.05, 4.69) is 31.2 Å². The van der Waals surface area contributed by atoms with Crippen LogP contribution < -0.4 is 5.32 Å². The molecular weight excluding hydrogens is 344 g/mol. The first-order valence-corrected chi connectivity index (χ1v) is 8.00. The highest BCUT2D eigenvalue weighted by atomic mass is 79.9. The van der Waals surface area contributed by atoms with Gasteiger partial charge in [-0.1, -0.05) is 22.0 Å². The minimum absolute atomic E-state index is 0.0828. The number of anilines is 2. The molecule has 0 aliphatic rings. The molecule has 0 aliphatic heterocycles. The molecule has 1 N–H and O–H groups in total. The zero-order valence-corrected chi connectivity index (χ0v) is 14.5. The fourth-order valence-electron chi connectivity index (χ4n) is 2.01. The van der Waals surface area contributed by atoms with Gasteiger partial charge in [-0.15, -0.1) is 0 Å². The summed E-state index contributed by atoms with van der Waals surface area (Å²) in [5, 5.41) is 3.12. The van der Waals surface area contributed by atoms with Crippen LogP contribution in [0.2, 0.25) is 0 Å². The monoisotopic (exact) mass is 362 g/mol. The Hall–Kier alpha value is -1.95. The molecule has 1 heterocycles. The number of carbonyl (C=O) groups is 1. The van der Waals surface area contributed by atoms with Gasteiger partial charge in [0.15, 0.2) is 0 Å². The number of amides is 1. The highest BCUT2D eigenvalue weighted by Gasteiger charge is 2.14. The van der Waals surface area contributed by atoms with Crippen molar-refractivity contribution in [1.82, 2.24) is 14.9 Å². The summed E-state index contributed by atoms with van der Waals surface area (Å²) in [6.07, 6.45) is 1.59. The molecule has 0 saturated heterocycles. The molecule has 1 amide bonds. The molecule has 22 heavy (non-hydrogen) atoms. The van der Waals surface area contributed by atoms with Crippen LogP contribution in [0.3, 0.4) is 0 Å². The van der Waals surface area contributed by atoms with E-state index in [-0.39, 0.29) is 5.91 Å². The molecule has 0 saturated carbocycles. The molecular formula is C16H19BrN4O. The third-order valence-electron chi connectivity index (χ3n) is 3.35. The van der Waals surface area contributed by atoms with Crippen molar-refractivity contribution in [2.24, 2.45) is 0 Å². The van der Waals surface area contributed by atoms with E-state index in [9.17, 15) is 4.79 Å². The molecule has 1 aromatic carbocycles. The van der Waals surface area contributed by atoms with Gasteiger partial charge in [0, 0.05) is 29.4 Å². The summed E-state index contributed by atoms with van der Waals surface area (Å²) in [4.78, 5) is 22.5. The minimum atomic E-state index is -0.0828. The predicted octanol–water partition coefficient (Wildman–Crippen LogP) is 3.77. The van der Waals surface area contributed by atoms with E-state index in [1.54, 1.807) is 17.2 Å². The van der Waals surface area contributed by atoms with Gasteiger partial charge in [-0.2, -0.15) is 0 Å². The van der Waals surface area contributed by atoms with Crippen LogP contribution >= 0.6 is 15.9 Å². The van der Waals surface area contributed by atoms with E-state index in [1.807, 2.05) is 39.0 Å². The summed E-state index contributed by atoms with van der Waals surface area (Å²) >= 11 is 3.49. The van der Waals surface area contributed by atoms with Crippen molar-refractivity contribution in [2.45, 2.75) is 20.8 Å². The summed E-state index contributed by atoms with van der Waals surface area (Å²) in [6, 6.07) is 7.54. The third-order valence-corrected chi connectivity index (χ3v) is 4.21. The second kappa shape index (κ2) is 7.35. The fourth-order valence-corrected chi connectivity index (χ4v) is 2.39. The standard InChI is InChI=1S/C16H19BrN4O/c1-4-21(5-2)15(22)14-8-9-18-16(20-14)19-12-7-6-11(3)13(17)10-12/h6-10H,4-5H2,1-3H3,(H,18,19,20). The molecule has 0 bridgehead atoms. The lowest BCUT2D eigenvalue weighted by atomic mass is 10.2. The molecule has 2 aromatic rings. The lowest BCUT2D eigenvalue weighted by molar-refractivity contribution is 0.0767. The Morgan fingerprint density at radius 2 is 2.00 bits per heavy atom. The van der Waals surface area contributed by atoms with E-state index in [0.717, 1.165) is 15.7 Å². The molecule has 2 rings (SSSR count). The first-order valence-electron chi connectivity index (χ1n) is 7.20. The summed E-state index contributed by atoms with van der Waals surface area (Å²) < 4.78 is 1.01. The first kappa shape index (κ1) is 16.4. The van der Waals surface area contributed by atoms with Gasteiger partial charge in [0.2, 0.25) is 5.95 Å². The Balaban J connectivity index is 2.21. The summed E-state index contributed by atoms with van der Waals surface area (Å²) in [7, 11) is 0. The van der Waals surface area contributed by atoms with Crippen molar-refractivity contribution in [1.29, 1.82) is 0 Å². The highest BCUT2D eigenvalue weighted by molar-refractivity contribution is 9.10. The highest BCUT2D eigenvalue weighted by Crippen LogP contribution is 2.22. The summed E-state index contributed by atoms with van der Waals surface area (Å²) in [6.45, 7) is 7.24. The summed E-state index contributed by atoms with van der Waals surface area (Å²) in [5.74, 6) is 0.328. The van der Waals surface area contributed by atoms with Crippen LogP contribution in [-0.2, 0) is 0 Å². The van der Waals surface area contributed by atoms with Gasteiger partial charge < -0.3 is 10.2 Å². The maximum atomic E-state index is 12.3. The number of aryl methyl sites for hydroxylation is 1. The molecule has 0 unspecified atom stereocenters. The van der Waals surface area contributed by atoms with Crippen LogP contribution in [0.15, 0.2) is 34.9 Å². The number of rotatable bonds is 5. The number of benzene rings is 1. The molecule has 116 valence electrons. The van der Waals surface area contributed by atoms with Crippen LogP contribution in [0.25, 0.3) is 0 Å². The topological polar surface area (TPSA) is 58.1 Å². The van der Waals surface area contributed by atoms with Gasteiger partial charge in [0.05, 0.1) is 0 Å². The fraction of sp³-hybridized carbons (Fsp3) is 0.312. The molecule has 0 aliphatic carbocycles. The normalized spacial score (nSPS) is 10.4. The molecule has 0 fully saturated rings. The lowest BCUT2D eigenvalue weighted by Crippen LogP contribution is -2.31. The average molecular weight is 363 g/mol. The van der Waals surface area contributed by atoms with E-state index >= 15 is 0 Å². The SMILES string of the molecule is CCN(CC)C(=O)c1ccnc(Nc2ccc(C)c(Br)c2)n1. The molecule has 6 heteroatoms. The Morgan fingerprint density at radius 1 is 1.27 bits per heavy atom. The third kappa shape index (κ3) is 3.82. The zero-order valence-electron chi connectivity index (χ0n) is 12.9. The Morgan fingerprint density at radius 3 is 2.64 bits per heavy atom. The second-order valence-corrected chi connectivity index (χ2v) is 5.69. The predicted molar refractivity (Wildman–Crippen MR) is 91.4 cm³/mol. The van der Waals surface area contributed by atoms with E-state index in [0.29, 0.717) is 24.7 Å². The van der Waals surface area contributed by atoms with Crippen LogP contribution in [0.4, 0.5) is 11.6 Å². The summed E-state index contributed by atoms with van der Waals surface area (Å²) in [5.41, 5.74) is 2.41.